The number of carbonyl (C=O) groups excluding carboxylic acids is 1. The van der Waals surface area contributed by atoms with Crippen LogP contribution in [0.3, 0.4) is 0 Å². The van der Waals surface area contributed by atoms with Gasteiger partial charge in [-0.05, 0) is 31.5 Å². The summed E-state index contributed by atoms with van der Waals surface area (Å²) >= 11 is 0. The van der Waals surface area contributed by atoms with E-state index in [2.05, 4.69) is 21.5 Å². The SMILES string of the molecule is CC(C)(C#N)n1cc(-c2ccc(NC(=O)Cc3ccccc3)nc2)cn1. The highest BCUT2D eigenvalue weighted by Crippen LogP contribution is 2.22. The van der Waals surface area contributed by atoms with Crippen molar-refractivity contribution in [3.63, 3.8) is 0 Å². The van der Waals surface area contributed by atoms with E-state index in [4.69, 9.17) is 0 Å². The normalized spacial score (nSPS) is 11.0. The maximum atomic E-state index is 12.1. The van der Waals surface area contributed by atoms with E-state index in [1.807, 2.05) is 42.6 Å². The number of carbonyl (C=O) groups is 1. The highest BCUT2D eigenvalue weighted by atomic mass is 16.1. The quantitative estimate of drug-likeness (QED) is 0.768. The molecule has 0 atom stereocenters. The summed E-state index contributed by atoms with van der Waals surface area (Å²) in [5.74, 6) is 0.388. The molecule has 0 saturated heterocycles. The molecular weight excluding hydrogens is 326 g/mol. The van der Waals surface area contributed by atoms with Crippen molar-refractivity contribution >= 4 is 11.7 Å². The lowest BCUT2D eigenvalue weighted by Crippen LogP contribution is -2.24. The summed E-state index contributed by atoms with van der Waals surface area (Å²) in [5.41, 5.74) is 1.97. The molecule has 0 saturated carbocycles. The fourth-order valence-electron chi connectivity index (χ4n) is 2.44. The predicted molar refractivity (Wildman–Crippen MR) is 99.2 cm³/mol. The third-order valence-electron chi connectivity index (χ3n) is 4.00. The van der Waals surface area contributed by atoms with E-state index in [0.717, 1.165) is 16.7 Å². The molecular formula is C20H19N5O. The maximum absolute atomic E-state index is 12.1. The molecule has 1 N–H and O–H groups in total. The van der Waals surface area contributed by atoms with Gasteiger partial charge in [-0.3, -0.25) is 9.48 Å². The first-order valence-electron chi connectivity index (χ1n) is 8.24. The summed E-state index contributed by atoms with van der Waals surface area (Å²) in [5, 5.41) is 16.2. The molecule has 0 spiro atoms. The molecule has 26 heavy (non-hydrogen) atoms. The predicted octanol–water partition coefficient (Wildman–Crippen LogP) is 3.38. The highest BCUT2D eigenvalue weighted by Gasteiger charge is 2.20. The van der Waals surface area contributed by atoms with Crippen molar-refractivity contribution in [2.75, 3.05) is 5.32 Å². The van der Waals surface area contributed by atoms with Crippen molar-refractivity contribution < 1.29 is 4.79 Å². The number of aromatic nitrogens is 3. The Kier molecular flexibility index (Phi) is 4.81. The number of hydrogen-bond donors (Lipinski definition) is 1. The van der Waals surface area contributed by atoms with Gasteiger partial charge in [-0.2, -0.15) is 10.4 Å². The molecule has 6 heteroatoms. The lowest BCUT2D eigenvalue weighted by molar-refractivity contribution is -0.115. The summed E-state index contributed by atoms with van der Waals surface area (Å²) in [4.78, 5) is 16.4. The molecule has 0 radical (unpaired) electrons. The van der Waals surface area contributed by atoms with E-state index in [1.165, 1.54) is 0 Å². The van der Waals surface area contributed by atoms with Crippen LogP contribution >= 0.6 is 0 Å². The number of rotatable bonds is 5. The summed E-state index contributed by atoms with van der Waals surface area (Å²) < 4.78 is 1.62. The minimum absolute atomic E-state index is 0.111. The minimum Gasteiger partial charge on any atom is -0.310 e. The molecule has 6 nitrogen and oxygen atoms in total. The Hall–Kier alpha value is -3.46. The van der Waals surface area contributed by atoms with Crippen LogP contribution in [0.1, 0.15) is 19.4 Å². The van der Waals surface area contributed by atoms with Gasteiger partial charge in [0.15, 0.2) is 0 Å². The molecule has 0 unspecified atom stereocenters. The summed E-state index contributed by atoms with van der Waals surface area (Å²) in [6, 6.07) is 15.4. The van der Waals surface area contributed by atoms with Crippen molar-refractivity contribution in [2.24, 2.45) is 0 Å². The van der Waals surface area contributed by atoms with E-state index in [9.17, 15) is 10.1 Å². The molecule has 1 aromatic carbocycles. The molecule has 0 fully saturated rings. The van der Waals surface area contributed by atoms with Crippen LogP contribution in [0.15, 0.2) is 61.1 Å². The summed E-state index contributed by atoms with van der Waals surface area (Å²) in [6.07, 6.45) is 5.50. The van der Waals surface area contributed by atoms with Gasteiger partial charge in [-0.15, -0.1) is 0 Å². The molecule has 2 aromatic heterocycles. The first-order chi connectivity index (χ1) is 12.5. The average molecular weight is 345 g/mol. The van der Waals surface area contributed by atoms with Crippen molar-refractivity contribution in [1.29, 1.82) is 5.26 Å². The molecule has 3 aromatic rings. The van der Waals surface area contributed by atoms with Crippen molar-refractivity contribution in [3.8, 4) is 17.2 Å². The lowest BCUT2D eigenvalue weighted by atomic mass is 10.1. The topological polar surface area (TPSA) is 83.6 Å². The Morgan fingerprint density at radius 3 is 2.58 bits per heavy atom. The number of nitrogens with zero attached hydrogens (tertiary/aromatic N) is 4. The number of nitriles is 1. The van der Waals surface area contributed by atoms with Gasteiger partial charge in [-0.1, -0.05) is 30.3 Å². The standard InChI is InChI=1S/C20H19N5O/c1-20(2,14-21)25-13-17(12-23-25)16-8-9-18(22-11-16)24-19(26)10-15-6-4-3-5-7-15/h3-9,11-13H,10H2,1-2H3,(H,22,24,26). The van der Waals surface area contributed by atoms with Crippen LogP contribution in [0.5, 0.6) is 0 Å². The highest BCUT2D eigenvalue weighted by molar-refractivity contribution is 5.91. The molecule has 3 rings (SSSR count). The first kappa shape index (κ1) is 17.4. The van der Waals surface area contributed by atoms with E-state index < -0.39 is 5.54 Å². The molecule has 1 amide bonds. The Bertz CT molecular complexity index is 936. The van der Waals surface area contributed by atoms with Crippen LogP contribution < -0.4 is 5.32 Å². The van der Waals surface area contributed by atoms with Crippen molar-refractivity contribution in [1.82, 2.24) is 14.8 Å². The zero-order chi connectivity index (χ0) is 18.6. The number of nitrogens with one attached hydrogen (secondary N) is 1. The van der Waals surface area contributed by atoms with Gasteiger partial charge >= 0.3 is 0 Å². The Morgan fingerprint density at radius 1 is 1.15 bits per heavy atom. The second kappa shape index (κ2) is 7.19. The molecule has 2 heterocycles. The second-order valence-electron chi connectivity index (χ2n) is 6.49. The molecule has 0 bridgehead atoms. The van der Waals surface area contributed by atoms with Gasteiger partial charge in [0.25, 0.3) is 0 Å². The van der Waals surface area contributed by atoms with Gasteiger partial charge in [0, 0.05) is 23.5 Å². The third kappa shape index (κ3) is 3.95. The fraction of sp³-hybridized carbons (Fsp3) is 0.200. The van der Waals surface area contributed by atoms with Crippen molar-refractivity contribution in [2.45, 2.75) is 25.8 Å². The van der Waals surface area contributed by atoms with Gasteiger partial charge < -0.3 is 5.32 Å². The Labute approximate surface area is 152 Å². The van der Waals surface area contributed by atoms with Crippen LogP contribution in [0, 0.1) is 11.3 Å². The number of hydrogen-bond acceptors (Lipinski definition) is 4. The van der Waals surface area contributed by atoms with Crippen LogP contribution in [0.4, 0.5) is 5.82 Å². The van der Waals surface area contributed by atoms with E-state index >= 15 is 0 Å². The summed E-state index contributed by atoms with van der Waals surface area (Å²) in [6.45, 7) is 3.60. The maximum Gasteiger partial charge on any atom is 0.229 e. The van der Waals surface area contributed by atoms with E-state index in [0.29, 0.717) is 12.2 Å². The van der Waals surface area contributed by atoms with E-state index in [-0.39, 0.29) is 5.91 Å². The van der Waals surface area contributed by atoms with Gasteiger partial charge in [0.1, 0.15) is 11.4 Å². The molecule has 130 valence electrons. The zero-order valence-corrected chi connectivity index (χ0v) is 14.7. The van der Waals surface area contributed by atoms with Gasteiger partial charge in [0.2, 0.25) is 5.91 Å². The number of pyridine rings is 1. The smallest absolute Gasteiger partial charge is 0.229 e. The summed E-state index contributed by atoms with van der Waals surface area (Å²) in [7, 11) is 0. The minimum atomic E-state index is -0.711. The first-order valence-corrected chi connectivity index (χ1v) is 8.24. The Morgan fingerprint density at radius 2 is 1.92 bits per heavy atom. The van der Waals surface area contributed by atoms with Crippen LogP contribution in [-0.2, 0) is 16.8 Å². The largest absolute Gasteiger partial charge is 0.310 e. The second-order valence-corrected chi connectivity index (χ2v) is 6.49. The number of anilines is 1. The van der Waals surface area contributed by atoms with Crippen LogP contribution in [0.2, 0.25) is 0 Å². The zero-order valence-electron chi connectivity index (χ0n) is 14.7. The Balaban J connectivity index is 1.67. The van der Waals surface area contributed by atoms with Crippen LogP contribution in [0.25, 0.3) is 11.1 Å². The van der Waals surface area contributed by atoms with Gasteiger partial charge in [0.05, 0.1) is 18.7 Å². The monoisotopic (exact) mass is 345 g/mol. The average Bonchev–Trinajstić information content (AvgIpc) is 3.14. The van der Waals surface area contributed by atoms with Crippen molar-refractivity contribution in [3.05, 3.63) is 66.6 Å². The van der Waals surface area contributed by atoms with Crippen LogP contribution in [-0.4, -0.2) is 20.7 Å². The number of amides is 1. The third-order valence-corrected chi connectivity index (χ3v) is 4.00. The number of benzene rings is 1. The lowest BCUT2D eigenvalue weighted by Gasteiger charge is -2.15. The molecule has 0 aliphatic heterocycles. The molecule has 0 aliphatic carbocycles. The van der Waals surface area contributed by atoms with Gasteiger partial charge in [-0.25, -0.2) is 4.98 Å². The van der Waals surface area contributed by atoms with E-state index in [1.54, 1.807) is 37.0 Å². The molecule has 0 aliphatic rings. The fourth-order valence-corrected chi connectivity index (χ4v) is 2.44.